The fraction of sp³-hybridized carbons (Fsp3) is 0.636. The Balaban J connectivity index is 2.03. The average molecular weight is 253 g/mol. The number of amides is 4. The first kappa shape index (κ1) is 12.7. The molecule has 1 N–H and O–H groups in total. The maximum atomic E-state index is 11.8. The summed E-state index contributed by atoms with van der Waals surface area (Å²) in [5.41, 5.74) is 0. The van der Waals surface area contributed by atoms with Crippen molar-refractivity contribution >= 4 is 23.6 Å². The molecule has 7 nitrogen and oxygen atoms in total. The molecule has 18 heavy (non-hydrogen) atoms. The van der Waals surface area contributed by atoms with Crippen LogP contribution in [0.15, 0.2) is 0 Å². The van der Waals surface area contributed by atoms with Crippen LogP contribution < -0.4 is 5.32 Å². The molecule has 0 spiro atoms. The summed E-state index contributed by atoms with van der Waals surface area (Å²) in [6.45, 7) is 0. The number of nitrogens with zero attached hydrogens (tertiary/aromatic N) is 2. The number of hydrogen-bond acceptors (Lipinski definition) is 5. The number of piperidine rings is 1. The van der Waals surface area contributed by atoms with E-state index in [4.69, 9.17) is 0 Å². The smallest absolute Gasteiger partial charge is 0.246 e. The monoisotopic (exact) mass is 253 g/mol. The molecule has 2 unspecified atom stereocenters. The molecule has 0 aliphatic carbocycles. The lowest BCUT2D eigenvalue weighted by Crippen LogP contribution is -2.55. The van der Waals surface area contributed by atoms with Crippen molar-refractivity contribution in [1.29, 1.82) is 0 Å². The van der Waals surface area contributed by atoms with Crippen molar-refractivity contribution in [3.8, 4) is 0 Å². The predicted molar refractivity (Wildman–Crippen MR) is 60.1 cm³/mol. The summed E-state index contributed by atoms with van der Waals surface area (Å²) in [7, 11) is 2.84. The van der Waals surface area contributed by atoms with Crippen LogP contribution in [-0.4, -0.2) is 59.6 Å². The predicted octanol–water partition coefficient (Wildman–Crippen LogP) is -1.52. The van der Waals surface area contributed by atoms with E-state index in [2.05, 4.69) is 5.32 Å². The second-order valence-electron chi connectivity index (χ2n) is 4.60. The van der Waals surface area contributed by atoms with Gasteiger partial charge in [0.15, 0.2) is 0 Å². The number of imide groups is 2. The molecule has 2 rings (SSSR count). The lowest BCUT2D eigenvalue weighted by atomic mass is 10.0. The summed E-state index contributed by atoms with van der Waals surface area (Å²) in [5, 5.41) is 2.87. The number of likely N-dealkylation sites (tertiary alicyclic amines) is 2. The lowest BCUT2D eigenvalue weighted by Gasteiger charge is -2.29. The highest BCUT2D eigenvalue weighted by Crippen LogP contribution is 2.16. The summed E-state index contributed by atoms with van der Waals surface area (Å²) in [6.07, 6.45) is 0.699. The molecule has 2 saturated heterocycles. The summed E-state index contributed by atoms with van der Waals surface area (Å²) in [5.74, 6) is -1.15. The van der Waals surface area contributed by atoms with Crippen LogP contribution in [0.4, 0.5) is 0 Å². The third-order valence-corrected chi connectivity index (χ3v) is 3.43. The lowest BCUT2D eigenvalue weighted by molar-refractivity contribution is -0.148. The van der Waals surface area contributed by atoms with E-state index in [0.29, 0.717) is 6.42 Å². The van der Waals surface area contributed by atoms with Gasteiger partial charge in [0.1, 0.15) is 0 Å². The standard InChI is InChI=1S/C11H15N3O4/c1-13-8(15)4-3-6(10(13)17)12-7-5-9(16)14(2)11(7)18/h6-7,12H,3-5H2,1-2H3. The van der Waals surface area contributed by atoms with Crippen molar-refractivity contribution in [1.82, 2.24) is 15.1 Å². The number of carbonyl (C=O) groups excluding carboxylic acids is 4. The Hall–Kier alpha value is -1.76. The van der Waals surface area contributed by atoms with Crippen molar-refractivity contribution < 1.29 is 19.2 Å². The molecule has 2 aliphatic rings. The van der Waals surface area contributed by atoms with Gasteiger partial charge in [-0.3, -0.25) is 34.3 Å². The number of hydrogen-bond donors (Lipinski definition) is 1. The quantitative estimate of drug-likeness (QED) is 0.604. The Kier molecular flexibility index (Phi) is 3.16. The van der Waals surface area contributed by atoms with Gasteiger partial charge in [0.05, 0.1) is 18.5 Å². The van der Waals surface area contributed by atoms with Crippen LogP contribution in [-0.2, 0) is 19.2 Å². The van der Waals surface area contributed by atoms with E-state index < -0.39 is 12.1 Å². The van der Waals surface area contributed by atoms with Crippen LogP contribution in [0.2, 0.25) is 0 Å². The summed E-state index contributed by atoms with van der Waals surface area (Å²) >= 11 is 0. The Morgan fingerprint density at radius 1 is 0.944 bits per heavy atom. The molecule has 2 aliphatic heterocycles. The van der Waals surface area contributed by atoms with Gasteiger partial charge in [-0.05, 0) is 6.42 Å². The van der Waals surface area contributed by atoms with Crippen molar-refractivity contribution in [3.05, 3.63) is 0 Å². The second-order valence-corrected chi connectivity index (χ2v) is 4.60. The van der Waals surface area contributed by atoms with Gasteiger partial charge < -0.3 is 0 Å². The summed E-state index contributed by atoms with van der Waals surface area (Å²) < 4.78 is 0. The Morgan fingerprint density at radius 2 is 1.50 bits per heavy atom. The van der Waals surface area contributed by atoms with E-state index in [1.54, 1.807) is 0 Å². The van der Waals surface area contributed by atoms with E-state index >= 15 is 0 Å². The highest BCUT2D eigenvalue weighted by atomic mass is 16.2. The molecule has 2 fully saturated rings. The highest BCUT2D eigenvalue weighted by molar-refractivity contribution is 6.06. The summed E-state index contributed by atoms with van der Waals surface area (Å²) in [4.78, 5) is 48.3. The highest BCUT2D eigenvalue weighted by Gasteiger charge is 2.40. The molecule has 7 heteroatoms. The van der Waals surface area contributed by atoms with Gasteiger partial charge in [0.25, 0.3) is 0 Å². The number of rotatable bonds is 2. The first-order valence-corrected chi connectivity index (χ1v) is 5.78. The van der Waals surface area contributed by atoms with Gasteiger partial charge in [-0.2, -0.15) is 0 Å². The molecule has 0 aromatic rings. The van der Waals surface area contributed by atoms with E-state index in [0.717, 1.165) is 9.80 Å². The fourth-order valence-corrected chi connectivity index (χ4v) is 2.20. The number of likely N-dealkylation sites (N-methyl/N-ethyl adjacent to an activating group) is 2. The van der Waals surface area contributed by atoms with Gasteiger partial charge in [-0.15, -0.1) is 0 Å². The Morgan fingerprint density at radius 3 is 2.06 bits per heavy atom. The molecule has 0 bridgehead atoms. The zero-order valence-electron chi connectivity index (χ0n) is 10.3. The largest absolute Gasteiger partial charge is 0.294 e. The summed E-state index contributed by atoms with van der Waals surface area (Å²) in [6, 6.07) is -1.22. The van der Waals surface area contributed by atoms with Gasteiger partial charge >= 0.3 is 0 Å². The Labute approximate surface area is 104 Å². The van der Waals surface area contributed by atoms with E-state index in [9.17, 15) is 19.2 Å². The molecule has 98 valence electrons. The normalized spacial score (nSPS) is 29.4. The zero-order valence-corrected chi connectivity index (χ0v) is 10.3. The van der Waals surface area contributed by atoms with Crippen LogP contribution in [0.25, 0.3) is 0 Å². The minimum Gasteiger partial charge on any atom is -0.294 e. The third-order valence-electron chi connectivity index (χ3n) is 3.43. The topological polar surface area (TPSA) is 86.8 Å². The van der Waals surface area contributed by atoms with E-state index in [1.165, 1.54) is 14.1 Å². The maximum absolute atomic E-state index is 11.8. The van der Waals surface area contributed by atoms with Crippen LogP contribution >= 0.6 is 0 Å². The van der Waals surface area contributed by atoms with Crippen molar-refractivity contribution in [2.45, 2.75) is 31.3 Å². The Bertz CT molecular complexity index is 434. The maximum Gasteiger partial charge on any atom is 0.246 e. The molecule has 2 atom stereocenters. The van der Waals surface area contributed by atoms with Gasteiger partial charge in [0.2, 0.25) is 23.6 Å². The number of carbonyl (C=O) groups is 4. The fourth-order valence-electron chi connectivity index (χ4n) is 2.20. The SMILES string of the molecule is CN1C(=O)CCC(NC2CC(=O)N(C)C2=O)C1=O. The average Bonchev–Trinajstić information content (AvgIpc) is 2.58. The van der Waals surface area contributed by atoms with Gasteiger partial charge in [-0.25, -0.2) is 0 Å². The third kappa shape index (κ3) is 2.01. The van der Waals surface area contributed by atoms with Gasteiger partial charge in [-0.1, -0.05) is 0 Å². The molecule has 0 saturated carbocycles. The zero-order chi connectivity index (χ0) is 13.4. The van der Waals surface area contributed by atoms with Gasteiger partial charge in [0, 0.05) is 20.5 Å². The number of nitrogens with one attached hydrogen (secondary N) is 1. The molecule has 0 aromatic heterocycles. The molecule has 2 heterocycles. The van der Waals surface area contributed by atoms with Crippen LogP contribution in [0.5, 0.6) is 0 Å². The van der Waals surface area contributed by atoms with Crippen molar-refractivity contribution in [2.75, 3.05) is 14.1 Å². The minimum atomic E-state index is -0.655. The molecule has 4 amide bonds. The van der Waals surface area contributed by atoms with Crippen molar-refractivity contribution in [2.24, 2.45) is 0 Å². The first-order chi connectivity index (χ1) is 8.41. The van der Waals surface area contributed by atoms with E-state index in [1.807, 2.05) is 0 Å². The van der Waals surface area contributed by atoms with Crippen LogP contribution in [0.1, 0.15) is 19.3 Å². The molecule has 0 aromatic carbocycles. The molecule has 0 radical (unpaired) electrons. The van der Waals surface area contributed by atoms with E-state index in [-0.39, 0.29) is 36.5 Å². The van der Waals surface area contributed by atoms with Crippen LogP contribution in [0, 0.1) is 0 Å². The van der Waals surface area contributed by atoms with Crippen molar-refractivity contribution in [3.63, 3.8) is 0 Å². The van der Waals surface area contributed by atoms with Crippen LogP contribution in [0.3, 0.4) is 0 Å². The molecular formula is C11H15N3O4. The minimum absolute atomic E-state index is 0.0662. The second kappa shape index (κ2) is 4.49. The molecular weight excluding hydrogens is 238 g/mol. The first-order valence-electron chi connectivity index (χ1n) is 5.78.